The average Bonchev–Trinajstić information content (AvgIpc) is 2.62. The molecule has 0 aromatic heterocycles. The van der Waals surface area contributed by atoms with Crippen molar-refractivity contribution in [2.75, 3.05) is 13.2 Å². The van der Waals surface area contributed by atoms with E-state index >= 15 is 0 Å². The summed E-state index contributed by atoms with van der Waals surface area (Å²) in [6, 6.07) is 16.3. The van der Waals surface area contributed by atoms with Gasteiger partial charge in [-0.3, -0.25) is 0 Å². The molecule has 2 aromatic carbocycles. The number of benzene rings is 2. The van der Waals surface area contributed by atoms with Crippen LogP contribution in [0.2, 0.25) is 10.0 Å². The molecule has 0 amide bonds. The van der Waals surface area contributed by atoms with Gasteiger partial charge in [-0.05, 0) is 80.8 Å². The predicted octanol–water partition coefficient (Wildman–Crippen LogP) is 6.29. The van der Waals surface area contributed by atoms with E-state index in [9.17, 15) is 0 Å². The van der Waals surface area contributed by atoms with E-state index in [4.69, 9.17) is 27.9 Å². The van der Waals surface area contributed by atoms with Gasteiger partial charge in [0.2, 0.25) is 0 Å². The van der Waals surface area contributed by atoms with Crippen LogP contribution in [-0.4, -0.2) is 18.8 Å². The number of hydrogen-bond acceptors (Lipinski definition) is 2. The quantitative estimate of drug-likeness (QED) is 0.546. The van der Waals surface area contributed by atoms with Crippen molar-refractivity contribution in [3.8, 4) is 0 Å². The fourth-order valence-corrected chi connectivity index (χ4v) is 4.60. The van der Waals surface area contributed by atoms with Crippen LogP contribution in [-0.2, 0) is 17.7 Å². The van der Waals surface area contributed by atoms with Crippen molar-refractivity contribution < 1.29 is 4.74 Å². The molecule has 1 atom stereocenters. The average molecular weight is 406 g/mol. The Labute approximate surface area is 173 Å². The molecule has 2 nitrogen and oxygen atoms in total. The summed E-state index contributed by atoms with van der Waals surface area (Å²) in [5, 5.41) is 5.25. The molecule has 0 spiro atoms. The molecule has 0 saturated carbocycles. The summed E-state index contributed by atoms with van der Waals surface area (Å²) < 4.78 is 6.01. The number of halogens is 2. The van der Waals surface area contributed by atoms with E-state index in [0.717, 1.165) is 55.4 Å². The molecule has 0 bridgehead atoms. The van der Waals surface area contributed by atoms with Gasteiger partial charge < -0.3 is 10.1 Å². The van der Waals surface area contributed by atoms with Gasteiger partial charge in [0.1, 0.15) is 0 Å². The Morgan fingerprint density at radius 3 is 2.48 bits per heavy atom. The first-order chi connectivity index (χ1) is 12.9. The summed E-state index contributed by atoms with van der Waals surface area (Å²) in [5.74, 6) is 0. The maximum Gasteiger partial charge on any atom is 0.0631 e. The summed E-state index contributed by atoms with van der Waals surface area (Å²) in [6.07, 6.45) is 4.23. The second-order valence-corrected chi connectivity index (χ2v) is 9.20. The highest BCUT2D eigenvalue weighted by atomic mass is 35.5. The van der Waals surface area contributed by atoms with Crippen molar-refractivity contribution in [1.29, 1.82) is 0 Å². The van der Waals surface area contributed by atoms with E-state index in [1.807, 2.05) is 24.3 Å². The highest BCUT2D eigenvalue weighted by Crippen LogP contribution is 2.44. The first-order valence-corrected chi connectivity index (χ1v) is 10.5. The van der Waals surface area contributed by atoms with Crippen LogP contribution in [0, 0.1) is 5.41 Å². The second-order valence-electron chi connectivity index (χ2n) is 8.36. The third kappa shape index (κ3) is 5.96. The van der Waals surface area contributed by atoms with Gasteiger partial charge >= 0.3 is 0 Å². The minimum Gasteiger partial charge on any atom is -0.376 e. The number of rotatable bonds is 7. The van der Waals surface area contributed by atoms with Crippen LogP contribution in [0.1, 0.15) is 44.2 Å². The predicted molar refractivity (Wildman–Crippen MR) is 115 cm³/mol. The Morgan fingerprint density at radius 2 is 1.78 bits per heavy atom. The Kier molecular flexibility index (Phi) is 6.86. The van der Waals surface area contributed by atoms with E-state index in [0.29, 0.717) is 0 Å². The van der Waals surface area contributed by atoms with Crippen LogP contribution in [0.15, 0.2) is 48.5 Å². The lowest BCUT2D eigenvalue weighted by molar-refractivity contribution is -0.107. The molecule has 0 aliphatic carbocycles. The maximum atomic E-state index is 6.47. The molecule has 1 fully saturated rings. The smallest absolute Gasteiger partial charge is 0.0631 e. The van der Waals surface area contributed by atoms with E-state index in [1.54, 1.807) is 0 Å². The third-order valence-electron chi connectivity index (χ3n) is 5.52. The first kappa shape index (κ1) is 20.7. The van der Waals surface area contributed by atoms with Gasteiger partial charge in [-0.1, -0.05) is 53.5 Å². The lowest BCUT2D eigenvalue weighted by atomic mass is 9.68. The van der Waals surface area contributed by atoms with Crippen LogP contribution in [0.3, 0.4) is 0 Å². The van der Waals surface area contributed by atoms with Crippen LogP contribution >= 0.6 is 23.2 Å². The monoisotopic (exact) mass is 405 g/mol. The number of nitrogens with one attached hydrogen (secondary N) is 1. The Bertz CT molecular complexity index is 744. The molecule has 27 heavy (non-hydrogen) atoms. The lowest BCUT2D eigenvalue weighted by Crippen LogP contribution is -2.43. The van der Waals surface area contributed by atoms with E-state index in [-0.39, 0.29) is 11.0 Å². The van der Waals surface area contributed by atoms with E-state index in [2.05, 4.69) is 43.4 Å². The van der Waals surface area contributed by atoms with Crippen LogP contribution in [0.5, 0.6) is 0 Å². The first-order valence-electron chi connectivity index (χ1n) is 9.70. The molecule has 2 aromatic rings. The minimum atomic E-state index is -0.0876. The van der Waals surface area contributed by atoms with Gasteiger partial charge in [0.15, 0.2) is 0 Å². The highest BCUT2D eigenvalue weighted by Gasteiger charge is 2.40. The zero-order valence-corrected chi connectivity index (χ0v) is 17.7. The summed E-state index contributed by atoms with van der Waals surface area (Å²) in [5.41, 5.74) is 2.62. The highest BCUT2D eigenvalue weighted by molar-refractivity contribution is 6.31. The fraction of sp³-hybridized carbons (Fsp3) is 0.478. The summed E-state index contributed by atoms with van der Waals surface area (Å²) in [7, 11) is 0. The molecule has 0 radical (unpaired) electrons. The zero-order chi connectivity index (χ0) is 19.3. The third-order valence-corrected chi connectivity index (χ3v) is 6.14. The molecule has 1 aliphatic rings. The number of hydrogen-bond donors (Lipinski definition) is 1. The Hall–Kier alpha value is -1.06. The summed E-state index contributed by atoms with van der Waals surface area (Å²) >= 11 is 12.4. The molecule has 1 aliphatic heterocycles. The summed E-state index contributed by atoms with van der Waals surface area (Å²) in [6.45, 7) is 7.06. The molecule has 1 heterocycles. The van der Waals surface area contributed by atoms with Gasteiger partial charge in [0.25, 0.3) is 0 Å². The fourth-order valence-electron chi connectivity index (χ4n) is 4.27. The van der Waals surface area contributed by atoms with Gasteiger partial charge in [-0.2, -0.15) is 0 Å². The molecule has 1 saturated heterocycles. The van der Waals surface area contributed by atoms with Crippen LogP contribution < -0.4 is 5.32 Å². The van der Waals surface area contributed by atoms with Crippen LogP contribution in [0.25, 0.3) is 0 Å². The van der Waals surface area contributed by atoms with Gasteiger partial charge in [-0.15, -0.1) is 0 Å². The Balaban J connectivity index is 1.65. The normalized spacial score (nSPS) is 21.9. The maximum absolute atomic E-state index is 6.47. The minimum absolute atomic E-state index is 0.0876. The molecule has 0 unspecified atom stereocenters. The largest absolute Gasteiger partial charge is 0.376 e. The molecule has 1 N–H and O–H groups in total. The SMILES string of the molecule is CC1(C)C[C@@](CCNCc2ccc(Cl)cc2)(Cc2ccccc2Cl)CCO1. The molecule has 3 rings (SSSR count). The molecular formula is C23H29Cl2NO. The van der Waals surface area contributed by atoms with Crippen molar-refractivity contribution in [3.63, 3.8) is 0 Å². The second kappa shape index (κ2) is 8.96. The lowest BCUT2D eigenvalue weighted by Gasteiger charge is -2.45. The van der Waals surface area contributed by atoms with Crippen molar-refractivity contribution >= 4 is 23.2 Å². The van der Waals surface area contributed by atoms with Crippen molar-refractivity contribution in [1.82, 2.24) is 5.32 Å². The molecular weight excluding hydrogens is 377 g/mol. The molecule has 146 valence electrons. The van der Waals surface area contributed by atoms with Crippen molar-refractivity contribution in [2.45, 2.75) is 51.7 Å². The molecule has 4 heteroatoms. The van der Waals surface area contributed by atoms with Gasteiger partial charge in [0.05, 0.1) is 5.60 Å². The number of ether oxygens (including phenoxy) is 1. The van der Waals surface area contributed by atoms with Gasteiger partial charge in [-0.25, -0.2) is 0 Å². The Morgan fingerprint density at radius 1 is 1.04 bits per heavy atom. The van der Waals surface area contributed by atoms with Crippen LogP contribution in [0.4, 0.5) is 0 Å². The zero-order valence-electron chi connectivity index (χ0n) is 16.2. The van der Waals surface area contributed by atoms with Crippen molar-refractivity contribution in [3.05, 3.63) is 69.7 Å². The standard InChI is InChI=1S/C23H29Cl2NO/c1-22(2)17-23(12-14-27-22,15-19-5-3-4-6-21(19)25)11-13-26-16-18-7-9-20(24)10-8-18/h3-10,26H,11-17H2,1-2H3/t23-/m1/s1. The van der Waals surface area contributed by atoms with Crippen molar-refractivity contribution in [2.24, 2.45) is 5.41 Å². The van der Waals surface area contributed by atoms with E-state index in [1.165, 1.54) is 11.1 Å². The topological polar surface area (TPSA) is 21.3 Å². The van der Waals surface area contributed by atoms with E-state index < -0.39 is 0 Å². The summed E-state index contributed by atoms with van der Waals surface area (Å²) in [4.78, 5) is 0. The van der Waals surface area contributed by atoms with Gasteiger partial charge in [0, 0.05) is 23.2 Å².